The number of benzene rings is 2. The molecule has 0 radical (unpaired) electrons. The summed E-state index contributed by atoms with van der Waals surface area (Å²) in [5, 5.41) is 22.7. The van der Waals surface area contributed by atoms with Crippen molar-refractivity contribution in [3.63, 3.8) is 0 Å². The van der Waals surface area contributed by atoms with Crippen LogP contribution in [0.3, 0.4) is 0 Å². The maximum atomic E-state index is 12.3. The summed E-state index contributed by atoms with van der Waals surface area (Å²) in [6.07, 6.45) is 0. The van der Waals surface area contributed by atoms with Crippen LogP contribution in [0.2, 0.25) is 0 Å². The van der Waals surface area contributed by atoms with Gasteiger partial charge in [-0.15, -0.1) is 10.2 Å². The molecule has 1 amide bonds. The molecule has 134 valence electrons. The second-order valence-corrected chi connectivity index (χ2v) is 6.35. The summed E-state index contributed by atoms with van der Waals surface area (Å²) in [5.74, 6) is 0.638. The zero-order valence-corrected chi connectivity index (χ0v) is 15.1. The van der Waals surface area contributed by atoms with E-state index in [-0.39, 0.29) is 11.6 Å². The summed E-state index contributed by atoms with van der Waals surface area (Å²) >= 11 is 0. The average molecular weight is 357 g/mol. The molecular weight excluding hydrogens is 338 g/mol. The maximum Gasteiger partial charge on any atom is 0.276 e. The van der Waals surface area contributed by atoms with E-state index >= 15 is 0 Å². The number of hydrogen-bond donors (Lipinski definition) is 2. The second kappa shape index (κ2) is 8.11. The molecule has 0 bridgehead atoms. The van der Waals surface area contributed by atoms with Crippen molar-refractivity contribution in [2.45, 2.75) is 19.8 Å². The van der Waals surface area contributed by atoms with Gasteiger partial charge in [-0.1, -0.05) is 26.0 Å². The smallest absolute Gasteiger partial charge is 0.276 e. The second-order valence-electron chi connectivity index (χ2n) is 6.35. The Kier molecular flexibility index (Phi) is 5.43. The number of nitrogens with one attached hydrogen (secondary N) is 2. The monoisotopic (exact) mass is 357 g/mol. The highest BCUT2D eigenvalue weighted by Crippen LogP contribution is 2.18. The summed E-state index contributed by atoms with van der Waals surface area (Å²) in [6, 6.07) is 20.1. The number of carbonyl (C=O) groups excluding carboxylic acids is 1. The Morgan fingerprint density at radius 2 is 1.59 bits per heavy atom. The average Bonchev–Trinajstić information content (AvgIpc) is 2.69. The first-order chi connectivity index (χ1) is 13.0. The lowest BCUT2D eigenvalue weighted by atomic mass is 10.0. The van der Waals surface area contributed by atoms with Gasteiger partial charge in [0.1, 0.15) is 0 Å². The van der Waals surface area contributed by atoms with Gasteiger partial charge in [0.2, 0.25) is 0 Å². The van der Waals surface area contributed by atoms with Crippen molar-refractivity contribution in [3.8, 4) is 6.07 Å². The third-order valence-corrected chi connectivity index (χ3v) is 4.02. The molecule has 0 atom stereocenters. The van der Waals surface area contributed by atoms with Gasteiger partial charge in [0.15, 0.2) is 11.5 Å². The van der Waals surface area contributed by atoms with Crippen LogP contribution in [0.15, 0.2) is 60.7 Å². The van der Waals surface area contributed by atoms with E-state index in [9.17, 15) is 4.79 Å². The largest absolute Gasteiger partial charge is 0.339 e. The first kappa shape index (κ1) is 18.1. The third kappa shape index (κ3) is 4.67. The van der Waals surface area contributed by atoms with Crippen LogP contribution in [0.1, 0.15) is 41.4 Å². The van der Waals surface area contributed by atoms with E-state index in [0.29, 0.717) is 23.0 Å². The Labute approximate surface area is 157 Å². The molecule has 1 aromatic heterocycles. The Balaban J connectivity index is 1.63. The molecule has 0 spiro atoms. The highest BCUT2D eigenvalue weighted by molar-refractivity contribution is 6.02. The van der Waals surface area contributed by atoms with E-state index in [4.69, 9.17) is 5.26 Å². The quantitative estimate of drug-likeness (QED) is 0.703. The van der Waals surface area contributed by atoms with Crippen LogP contribution in [0, 0.1) is 11.3 Å². The lowest BCUT2D eigenvalue weighted by molar-refractivity contribution is 0.102. The molecule has 0 saturated carbocycles. The molecule has 1 heterocycles. The fourth-order valence-corrected chi connectivity index (χ4v) is 2.44. The molecule has 6 heteroatoms. The topological polar surface area (TPSA) is 90.7 Å². The fraction of sp³-hybridized carbons (Fsp3) is 0.143. The summed E-state index contributed by atoms with van der Waals surface area (Å²) in [4.78, 5) is 12.3. The number of anilines is 3. The lowest BCUT2D eigenvalue weighted by Gasteiger charge is -2.08. The number of rotatable bonds is 5. The van der Waals surface area contributed by atoms with Crippen molar-refractivity contribution in [1.29, 1.82) is 5.26 Å². The maximum absolute atomic E-state index is 12.3. The Morgan fingerprint density at radius 1 is 0.926 bits per heavy atom. The molecular formula is C21H19N5O. The van der Waals surface area contributed by atoms with E-state index < -0.39 is 0 Å². The van der Waals surface area contributed by atoms with Crippen molar-refractivity contribution in [3.05, 3.63) is 77.5 Å². The van der Waals surface area contributed by atoms with Gasteiger partial charge >= 0.3 is 0 Å². The predicted molar refractivity (Wildman–Crippen MR) is 105 cm³/mol. The summed E-state index contributed by atoms with van der Waals surface area (Å²) in [7, 11) is 0. The molecule has 0 fully saturated rings. The molecule has 0 aliphatic rings. The van der Waals surface area contributed by atoms with Gasteiger partial charge in [-0.25, -0.2) is 0 Å². The van der Waals surface area contributed by atoms with E-state index in [1.54, 1.807) is 36.4 Å². The fourth-order valence-electron chi connectivity index (χ4n) is 2.44. The zero-order chi connectivity index (χ0) is 19.2. The molecule has 0 unspecified atom stereocenters. The summed E-state index contributed by atoms with van der Waals surface area (Å²) in [5.41, 5.74) is 3.52. The van der Waals surface area contributed by atoms with Gasteiger partial charge in [-0.3, -0.25) is 4.79 Å². The van der Waals surface area contributed by atoms with Gasteiger partial charge in [0.05, 0.1) is 11.6 Å². The van der Waals surface area contributed by atoms with Crippen molar-refractivity contribution < 1.29 is 4.79 Å². The van der Waals surface area contributed by atoms with Crippen LogP contribution < -0.4 is 10.6 Å². The third-order valence-electron chi connectivity index (χ3n) is 4.02. The van der Waals surface area contributed by atoms with Gasteiger partial charge in [-0.2, -0.15) is 5.26 Å². The molecule has 6 nitrogen and oxygen atoms in total. The molecule has 0 aliphatic carbocycles. The standard InChI is InChI=1S/C21H19N5O/c1-14(2)16-5-9-18(10-6-16)24-21(27)19-11-12-20(26-25-19)23-17-7-3-15(13-22)4-8-17/h3-12,14H,1-2H3,(H,23,26)(H,24,27). The Morgan fingerprint density at radius 3 is 2.15 bits per heavy atom. The minimum atomic E-state index is -0.315. The normalized spacial score (nSPS) is 10.3. The number of nitrogens with zero attached hydrogens (tertiary/aromatic N) is 3. The number of hydrogen-bond acceptors (Lipinski definition) is 5. The van der Waals surface area contributed by atoms with Crippen molar-refractivity contribution >= 4 is 23.1 Å². The summed E-state index contributed by atoms with van der Waals surface area (Å²) in [6.45, 7) is 4.24. The number of aromatic nitrogens is 2. The zero-order valence-electron chi connectivity index (χ0n) is 15.1. The SMILES string of the molecule is CC(C)c1ccc(NC(=O)c2ccc(Nc3ccc(C#N)cc3)nn2)cc1. The first-order valence-corrected chi connectivity index (χ1v) is 8.57. The molecule has 3 rings (SSSR count). The Hall–Kier alpha value is -3.72. The number of nitriles is 1. The van der Waals surface area contributed by atoms with Gasteiger partial charge in [0, 0.05) is 11.4 Å². The molecule has 0 aliphatic heterocycles. The molecule has 3 aromatic rings. The van der Waals surface area contributed by atoms with Crippen molar-refractivity contribution in [1.82, 2.24) is 10.2 Å². The van der Waals surface area contributed by atoms with Gasteiger partial charge in [-0.05, 0) is 60.0 Å². The van der Waals surface area contributed by atoms with Crippen molar-refractivity contribution in [2.75, 3.05) is 10.6 Å². The van der Waals surface area contributed by atoms with Gasteiger partial charge < -0.3 is 10.6 Å². The molecule has 2 aromatic carbocycles. The van der Waals surface area contributed by atoms with Crippen LogP contribution in [-0.4, -0.2) is 16.1 Å². The minimum absolute atomic E-state index is 0.230. The number of carbonyl (C=O) groups is 1. The van der Waals surface area contributed by atoms with E-state index in [2.05, 4.69) is 40.7 Å². The van der Waals surface area contributed by atoms with E-state index in [1.165, 1.54) is 5.56 Å². The Bertz CT molecular complexity index is 955. The van der Waals surface area contributed by atoms with Gasteiger partial charge in [0.25, 0.3) is 5.91 Å². The van der Waals surface area contributed by atoms with Crippen molar-refractivity contribution in [2.24, 2.45) is 0 Å². The van der Waals surface area contributed by atoms with Crippen LogP contribution in [-0.2, 0) is 0 Å². The van der Waals surface area contributed by atoms with Crippen LogP contribution >= 0.6 is 0 Å². The lowest BCUT2D eigenvalue weighted by Crippen LogP contribution is -2.14. The highest BCUT2D eigenvalue weighted by atomic mass is 16.1. The first-order valence-electron chi connectivity index (χ1n) is 8.57. The minimum Gasteiger partial charge on any atom is -0.339 e. The van der Waals surface area contributed by atoms with Crippen LogP contribution in [0.25, 0.3) is 0 Å². The van der Waals surface area contributed by atoms with Crippen LogP contribution in [0.4, 0.5) is 17.2 Å². The highest BCUT2D eigenvalue weighted by Gasteiger charge is 2.09. The predicted octanol–water partition coefficient (Wildman–Crippen LogP) is 4.47. The van der Waals surface area contributed by atoms with E-state index in [0.717, 1.165) is 5.69 Å². The molecule has 27 heavy (non-hydrogen) atoms. The summed E-state index contributed by atoms with van der Waals surface area (Å²) < 4.78 is 0. The van der Waals surface area contributed by atoms with E-state index in [1.807, 2.05) is 24.3 Å². The van der Waals surface area contributed by atoms with Crippen LogP contribution in [0.5, 0.6) is 0 Å². The molecule has 0 saturated heterocycles. The number of amides is 1. The molecule has 2 N–H and O–H groups in total.